The number of amides is 1. The van der Waals surface area contributed by atoms with Crippen LogP contribution in [-0.2, 0) is 25.6 Å². The summed E-state index contributed by atoms with van der Waals surface area (Å²) in [4.78, 5) is 30.2. The van der Waals surface area contributed by atoms with E-state index >= 15 is 0 Å². The summed E-state index contributed by atoms with van der Waals surface area (Å²) in [5, 5.41) is 6.72. The molecule has 0 aromatic heterocycles. The summed E-state index contributed by atoms with van der Waals surface area (Å²) >= 11 is 1.85. The van der Waals surface area contributed by atoms with Gasteiger partial charge in [0, 0.05) is 17.9 Å². The van der Waals surface area contributed by atoms with Crippen LogP contribution < -0.4 is 5.32 Å². The largest absolute Gasteiger partial charge is 0.467 e. The van der Waals surface area contributed by atoms with E-state index in [0.29, 0.717) is 11.3 Å². The molecule has 0 radical (unpaired) electrons. The minimum atomic E-state index is -0.883. The number of carbonyl (C=O) groups excluding carboxylic acids is 2. The van der Waals surface area contributed by atoms with E-state index in [0.717, 1.165) is 35.5 Å². The monoisotopic (exact) mass is 458 g/mol. The Balaban J connectivity index is 1.73. The standard InChI is InChI=1S/C24H27FN2O4S/c1-30-24(29)21(26-23(28)22(27-31-2)18-11-13-32-14-12-18)15-16-7-9-17(10-8-16)19-5-3-4-6-20(19)25/h3-10,18,21H,11-15H2,1-2H3,(H,26,28)/t21-/m0/s1. The number of rotatable bonds is 8. The second-order valence-electron chi connectivity index (χ2n) is 7.48. The predicted molar refractivity (Wildman–Crippen MR) is 124 cm³/mol. The lowest BCUT2D eigenvalue weighted by atomic mass is 9.95. The number of oxime groups is 1. The first-order valence-corrected chi connectivity index (χ1v) is 11.6. The number of benzene rings is 2. The Morgan fingerprint density at radius 1 is 1.12 bits per heavy atom. The Labute approximate surface area is 191 Å². The number of nitrogens with zero attached hydrogens (tertiary/aromatic N) is 1. The lowest BCUT2D eigenvalue weighted by Gasteiger charge is -2.23. The number of esters is 1. The van der Waals surface area contributed by atoms with Crippen LogP contribution in [0, 0.1) is 11.7 Å². The van der Waals surface area contributed by atoms with Gasteiger partial charge in [-0.1, -0.05) is 47.6 Å². The van der Waals surface area contributed by atoms with Gasteiger partial charge in [-0.3, -0.25) is 4.79 Å². The van der Waals surface area contributed by atoms with Gasteiger partial charge in [0.2, 0.25) is 0 Å². The van der Waals surface area contributed by atoms with Gasteiger partial charge in [-0.25, -0.2) is 9.18 Å². The summed E-state index contributed by atoms with van der Waals surface area (Å²) in [7, 11) is 2.69. The maximum atomic E-state index is 14.0. The maximum Gasteiger partial charge on any atom is 0.328 e. The molecule has 1 heterocycles. The van der Waals surface area contributed by atoms with E-state index in [4.69, 9.17) is 9.57 Å². The molecule has 32 heavy (non-hydrogen) atoms. The van der Waals surface area contributed by atoms with Crippen molar-refractivity contribution in [3.63, 3.8) is 0 Å². The molecule has 1 aliphatic rings. The van der Waals surface area contributed by atoms with E-state index < -0.39 is 17.9 Å². The molecule has 6 nitrogen and oxygen atoms in total. The van der Waals surface area contributed by atoms with Crippen molar-refractivity contribution >= 4 is 29.4 Å². The molecule has 1 atom stereocenters. The van der Waals surface area contributed by atoms with Crippen molar-refractivity contribution in [1.29, 1.82) is 0 Å². The zero-order chi connectivity index (χ0) is 22.9. The number of carbonyl (C=O) groups is 2. The molecular formula is C24H27FN2O4S. The number of hydrogen-bond acceptors (Lipinski definition) is 6. The first-order valence-electron chi connectivity index (χ1n) is 10.4. The van der Waals surface area contributed by atoms with Crippen molar-refractivity contribution in [3.05, 3.63) is 59.9 Å². The molecule has 1 aliphatic heterocycles. The molecule has 0 unspecified atom stereocenters. The number of hydrogen-bond donors (Lipinski definition) is 1. The van der Waals surface area contributed by atoms with Crippen LogP contribution in [0.5, 0.6) is 0 Å². The van der Waals surface area contributed by atoms with E-state index in [2.05, 4.69) is 10.5 Å². The molecule has 8 heteroatoms. The van der Waals surface area contributed by atoms with Crippen molar-refractivity contribution in [2.45, 2.75) is 25.3 Å². The lowest BCUT2D eigenvalue weighted by molar-refractivity contribution is -0.144. The van der Waals surface area contributed by atoms with Gasteiger partial charge in [0.25, 0.3) is 5.91 Å². The van der Waals surface area contributed by atoms with Crippen molar-refractivity contribution in [2.75, 3.05) is 25.7 Å². The van der Waals surface area contributed by atoms with Crippen LogP contribution in [0.25, 0.3) is 11.1 Å². The molecule has 0 bridgehead atoms. The van der Waals surface area contributed by atoms with Gasteiger partial charge in [0.15, 0.2) is 0 Å². The second kappa shape index (κ2) is 11.7. The molecule has 0 spiro atoms. The summed E-state index contributed by atoms with van der Waals surface area (Å²) in [5.74, 6) is 0.625. The minimum Gasteiger partial charge on any atom is -0.467 e. The fourth-order valence-corrected chi connectivity index (χ4v) is 4.80. The lowest BCUT2D eigenvalue weighted by Crippen LogP contribution is -2.47. The Morgan fingerprint density at radius 3 is 2.44 bits per heavy atom. The molecule has 0 aliphatic carbocycles. The van der Waals surface area contributed by atoms with Gasteiger partial charge in [-0.2, -0.15) is 11.8 Å². The summed E-state index contributed by atoms with van der Waals surface area (Å²) in [6.07, 6.45) is 1.90. The van der Waals surface area contributed by atoms with Gasteiger partial charge in [-0.05, 0) is 41.5 Å². The quantitative estimate of drug-likeness (QED) is 0.370. The van der Waals surface area contributed by atoms with Gasteiger partial charge in [0.05, 0.1) is 7.11 Å². The van der Waals surface area contributed by atoms with Crippen LogP contribution in [0.2, 0.25) is 0 Å². The van der Waals surface area contributed by atoms with Crippen LogP contribution in [0.1, 0.15) is 18.4 Å². The zero-order valence-corrected chi connectivity index (χ0v) is 19.0. The molecular weight excluding hydrogens is 431 g/mol. The van der Waals surface area contributed by atoms with E-state index in [1.54, 1.807) is 30.3 Å². The third kappa shape index (κ3) is 6.09. The highest BCUT2D eigenvalue weighted by molar-refractivity contribution is 7.99. The normalized spacial score (nSPS) is 15.7. The number of thioether (sulfide) groups is 1. The van der Waals surface area contributed by atoms with Crippen LogP contribution in [-0.4, -0.2) is 49.4 Å². The Kier molecular flexibility index (Phi) is 8.67. The highest BCUT2D eigenvalue weighted by Crippen LogP contribution is 2.25. The minimum absolute atomic E-state index is 0.00505. The van der Waals surface area contributed by atoms with Crippen LogP contribution >= 0.6 is 11.8 Å². The first-order chi connectivity index (χ1) is 15.5. The molecule has 1 saturated heterocycles. The van der Waals surface area contributed by atoms with Crippen molar-refractivity contribution in [1.82, 2.24) is 5.32 Å². The average Bonchev–Trinajstić information content (AvgIpc) is 2.83. The summed E-state index contributed by atoms with van der Waals surface area (Å²) in [6.45, 7) is 0. The SMILES string of the molecule is CON=C(C(=O)N[C@@H](Cc1ccc(-c2ccccc2F)cc1)C(=O)OC)C1CCSCC1. The summed E-state index contributed by atoms with van der Waals surface area (Å²) < 4.78 is 18.9. The van der Waals surface area contributed by atoms with Gasteiger partial charge >= 0.3 is 5.97 Å². The fourth-order valence-electron chi connectivity index (χ4n) is 3.69. The molecule has 170 valence electrons. The molecule has 1 amide bonds. The zero-order valence-electron chi connectivity index (χ0n) is 18.2. The molecule has 1 fully saturated rings. The van der Waals surface area contributed by atoms with Crippen LogP contribution in [0.4, 0.5) is 4.39 Å². The van der Waals surface area contributed by atoms with Gasteiger partial charge in [-0.15, -0.1) is 0 Å². The number of ether oxygens (including phenoxy) is 1. The summed E-state index contributed by atoms with van der Waals surface area (Å²) in [6, 6.07) is 12.9. The predicted octanol–water partition coefficient (Wildman–Crippen LogP) is 3.84. The Hall–Kier alpha value is -2.87. The highest BCUT2D eigenvalue weighted by atomic mass is 32.2. The van der Waals surface area contributed by atoms with Crippen LogP contribution in [0.3, 0.4) is 0 Å². The van der Waals surface area contributed by atoms with Crippen LogP contribution in [0.15, 0.2) is 53.7 Å². The molecule has 3 rings (SSSR count). The molecule has 2 aromatic carbocycles. The van der Waals surface area contributed by atoms with E-state index in [1.165, 1.54) is 20.3 Å². The van der Waals surface area contributed by atoms with Gasteiger partial charge < -0.3 is 14.9 Å². The molecule has 1 N–H and O–H groups in total. The molecule has 0 saturated carbocycles. The van der Waals surface area contributed by atoms with Crippen molar-refractivity contribution in [2.24, 2.45) is 11.1 Å². The van der Waals surface area contributed by atoms with E-state index in [-0.39, 0.29) is 18.2 Å². The third-order valence-electron chi connectivity index (χ3n) is 5.40. The Morgan fingerprint density at radius 2 is 1.81 bits per heavy atom. The highest BCUT2D eigenvalue weighted by Gasteiger charge is 2.30. The number of halogens is 1. The maximum absolute atomic E-state index is 14.0. The smallest absolute Gasteiger partial charge is 0.328 e. The number of nitrogens with one attached hydrogen (secondary N) is 1. The number of methoxy groups -OCH3 is 1. The molecule has 2 aromatic rings. The fraction of sp³-hybridized carbons (Fsp3) is 0.375. The Bertz CT molecular complexity index is 959. The average molecular weight is 459 g/mol. The summed E-state index contributed by atoms with van der Waals surface area (Å²) in [5.41, 5.74) is 2.34. The third-order valence-corrected chi connectivity index (χ3v) is 6.45. The van der Waals surface area contributed by atoms with Crippen molar-refractivity contribution < 1.29 is 23.6 Å². The van der Waals surface area contributed by atoms with E-state index in [1.807, 2.05) is 23.9 Å². The van der Waals surface area contributed by atoms with Crippen molar-refractivity contribution in [3.8, 4) is 11.1 Å². The second-order valence-corrected chi connectivity index (χ2v) is 8.70. The first kappa shape index (κ1) is 23.8. The van der Waals surface area contributed by atoms with E-state index in [9.17, 15) is 14.0 Å². The van der Waals surface area contributed by atoms with Gasteiger partial charge in [0.1, 0.15) is 24.7 Å². The topological polar surface area (TPSA) is 77.0 Å².